The van der Waals surface area contributed by atoms with Crippen molar-refractivity contribution in [3.05, 3.63) is 23.5 Å². The van der Waals surface area contributed by atoms with Crippen molar-refractivity contribution in [1.82, 2.24) is 9.88 Å². The van der Waals surface area contributed by atoms with Crippen LogP contribution in [0.5, 0.6) is 0 Å². The summed E-state index contributed by atoms with van der Waals surface area (Å²) < 4.78 is 5.06. The Labute approximate surface area is 115 Å². The number of anilines is 1. The third-order valence-electron chi connectivity index (χ3n) is 2.96. The van der Waals surface area contributed by atoms with Gasteiger partial charge in [0, 0.05) is 38.6 Å². The van der Waals surface area contributed by atoms with E-state index < -0.39 is 0 Å². The molecule has 0 aliphatic rings. The Morgan fingerprint density at radius 1 is 1.53 bits per heavy atom. The van der Waals surface area contributed by atoms with Crippen molar-refractivity contribution >= 4 is 11.6 Å². The van der Waals surface area contributed by atoms with Crippen LogP contribution in [-0.2, 0) is 4.74 Å². The highest BCUT2D eigenvalue weighted by Crippen LogP contribution is 2.18. The maximum atomic E-state index is 12.6. The van der Waals surface area contributed by atoms with Crippen molar-refractivity contribution in [2.24, 2.45) is 0 Å². The van der Waals surface area contributed by atoms with Gasteiger partial charge in [-0.15, -0.1) is 0 Å². The zero-order valence-electron chi connectivity index (χ0n) is 12.4. The van der Waals surface area contributed by atoms with E-state index in [1.54, 1.807) is 25.3 Å². The second kappa shape index (κ2) is 7.09. The first kappa shape index (κ1) is 15.4. The zero-order chi connectivity index (χ0) is 14.4. The van der Waals surface area contributed by atoms with E-state index in [1.165, 1.54) is 0 Å². The maximum absolute atomic E-state index is 12.6. The molecule has 1 heterocycles. The maximum Gasteiger partial charge on any atom is 0.257 e. The van der Waals surface area contributed by atoms with Gasteiger partial charge in [-0.25, -0.2) is 0 Å². The molecule has 0 aromatic carbocycles. The fraction of sp³-hybridized carbons (Fsp3) is 0.571. The summed E-state index contributed by atoms with van der Waals surface area (Å²) in [6.45, 7) is 6.99. The van der Waals surface area contributed by atoms with Crippen molar-refractivity contribution in [2.45, 2.75) is 26.8 Å². The molecule has 1 aromatic heterocycles. The van der Waals surface area contributed by atoms with Gasteiger partial charge in [0.15, 0.2) is 0 Å². The van der Waals surface area contributed by atoms with Crippen molar-refractivity contribution in [2.75, 3.05) is 32.6 Å². The number of nitrogens with zero attached hydrogens (tertiary/aromatic N) is 2. The Morgan fingerprint density at radius 3 is 2.74 bits per heavy atom. The van der Waals surface area contributed by atoms with Gasteiger partial charge in [0.05, 0.1) is 17.9 Å². The molecule has 0 saturated carbocycles. The van der Waals surface area contributed by atoms with Crippen molar-refractivity contribution in [3.63, 3.8) is 0 Å². The molecule has 0 fully saturated rings. The van der Waals surface area contributed by atoms with E-state index in [0.717, 1.165) is 11.4 Å². The molecule has 5 heteroatoms. The van der Waals surface area contributed by atoms with Gasteiger partial charge in [-0.3, -0.25) is 9.78 Å². The first-order valence-electron chi connectivity index (χ1n) is 6.45. The molecule has 1 aromatic rings. The Hall–Kier alpha value is -1.62. The van der Waals surface area contributed by atoms with Gasteiger partial charge in [0.1, 0.15) is 0 Å². The second-order valence-electron chi connectivity index (χ2n) is 4.71. The molecular weight excluding hydrogens is 242 g/mol. The molecule has 5 nitrogen and oxygen atoms in total. The molecule has 1 amide bonds. The van der Waals surface area contributed by atoms with Gasteiger partial charge in [0.2, 0.25) is 0 Å². The average molecular weight is 265 g/mol. The number of hydrogen-bond donors (Lipinski definition) is 1. The van der Waals surface area contributed by atoms with Crippen molar-refractivity contribution in [3.8, 4) is 0 Å². The minimum absolute atomic E-state index is 0.0242. The fourth-order valence-corrected chi connectivity index (χ4v) is 1.88. The van der Waals surface area contributed by atoms with Crippen LogP contribution in [0.4, 0.5) is 5.69 Å². The number of carbonyl (C=O) groups is 1. The summed E-state index contributed by atoms with van der Waals surface area (Å²) in [6.07, 6.45) is 1.63. The standard InChI is InChI=1S/C14H23N3O2/c1-10(2)17(6-7-19-5)14(18)12-9-16-11(3)8-13(12)15-4/h8-10H,6-7H2,1-5H3,(H,15,16). The molecule has 1 N–H and O–H groups in total. The predicted octanol–water partition coefficient (Wildman–Crippen LogP) is 1.93. The minimum Gasteiger partial charge on any atom is -0.387 e. The number of pyridine rings is 1. The molecule has 0 bridgehead atoms. The van der Waals surface area contributed by atoms with E-state index in [1.807, 2.05) is 26.8 Å². The van der Waals surface area contributed by atoms with Crippen LogP contribution in [0.2, 0.25) is 0 Å². The average Bonchev–Trinajstić information content (AvgIpc) is 2.38. The molecule has 0 spiro atoms. The Balaban J connectivity index is 3.02. The molecule has 0 unspecified atom stereocenters. The van der Waals surface area contributed by atoms with Crippen LogP contribution >= 0.6 is 0 Å². The molecule has 0 aliphatic carbocycles. The third-order valence-corrected chi connectivity index (χ3v) is 2.96. The quantitative estimate of drug-likeness (QED) is 0.854. The van der Waals surface area contributed by atoms with E-state index >= 15 is 0 Å². The van der Waals surface area contributed by atoms with Crippen molar-refractivity contribution in [1.29, 1.82) is 0 Å². The molecule has 19 heavy (non-hydrogen) atoms. The molecule has 0 radical (unpaired) electrons. The van der Waals surface area contributed by atoms with Crippen LogP contribution in [-0.4, -0.2) is 49.1 Å². The molecule has 1 rings (SSSR count). The summed E-state index contributed by atoms with van der Waals surface area (Å²) in [7, 11) is 3.44. The van der Waals surface area contributed by atoms with Crippen LogP contribution in [0.15, 0.2) is 12.3 Å². The van der Waals surface area contributed by atoms with E-state index in [4.69, 9.17) is 4.74 Å². The van der Waals surface area contributed by atoms with Crippen LogP contribution in [0.1, 0.15) is 29.9 Å². The number of amides is 1. The topological polar surface area (TPSA) is 54.5 Å². The summed E-state index contributed by atoms with van der Waals surface area (Å²) in [6, 6.07) is 2.00. The smallest absolute Gasteiger partial charge is 0.257 e. The monoisotopic (exact) mass is 265 g/mol. The van der Waals surface area contributed by atoms with Crippen LogP contribution < -0.4 is 5.32 Å². The molecular formula is C14H23N3O2. The lowest BCUT2D eigenvalue weighted by Crippen LogP contribution is -2.39. The summed E-state index contributed by atoms with van der Waals surface area (Å²) in [5.74, 6) is -0.0242. The lowest BCUT2D eigenvalue weighted by atomic mass is 10.1. The SMILES string of the molecule is CNc1cc(C)ncc1C(=O)N(CCOC)C(C)C. The molecule has 106 valence electrons. The van der Waals surface area contributed by atoms with Crippen LogP contribution in [0.25, 0.3) is 0 Å². The highest BCUT2D eigenvalue weighted by atomic mass is 16.5. The van der Waals surface area contributed by atoms with Gasteiger partial charge in [-0.2, -0.15) is 0 Å². The number of rotatable bonds is 6. The van der Waals surface area contributed by atoms with Gasteiger partial charge in [-0.05, 0) is 26.8 Å². The van der Waals surface area contributed by atoms with Crippen molar-refractivity contribution < 1.29 is 9.53 Å². The van der Waals surface area contributed by atoms with Gasteiger partial charge >= 0.3 is 0 Å². The number of methoxy groups -OCH3 is 1. The molecule has 0 saturated heterocycles. The second-order valence-corrected chi connectivity index (χ2v) is 4.71. The number of aryl methyl sites for hydroxylation is 1. The number of ether oxygens (including phenoxy) is 1. The molecule has 0 atom stereocenters. The van der Waals surface area contributed by atoms with E-state index in [-0.39, 0.29) is 11.9 Å². The Morgan fingerprint density at radius 2 is 2.21 bits per heavy atom. The third kappa shape index (κ3) is 3.92. The number of carbonyl (C=O) groups excluding carboxylic acids is 1. The summed E-state index contributed by atoms with van der Waals surface area (Å²) >= 11 is 0. The Kier molecular flexibility index (Phi) is 5.76. The zero-order valence-corrected chi connectivity index (χ0v) is 12.4. The first-order chi connectivity index (χ1) is 9.01. The highest BCUT2D eigenvalue weighted by Gasteiger charge is 2.21. The predicted molar refractivity (Wildman–Crippen MR) is 76.6 cm³/mol. The van der Waals surface area contributed by atoms with E-state index in [0.29, 0.717) is 18.7 Å². The highest BCUT2D eigenvalue weighted by molar-refractivity contribution is 5.99. The first-order valence-corrected chi connectivity index (χ1v) is 6.45. The number of nitrogens with one attached hydrogen (secondary N) is 1. The minimum atomic E-state index is -0.0242. The number of aromatic nitrogens is 1. The normalized spacial score (nSPS) is 10.6. The van der Waals surface area contributed by atoms with Crippen LogP contribution in [0, 0.1) is 6.92 Å². The lowest BCUT2D eigenvalue weighted by Gasteiger charge is -2.27. The summed E-state index contributed by atoms with van der Waals surface area (Å²) in [5, 5.41) is 3.05. The van der Waals surface area contributed by atoms with E-state index in [2.05, 4.69) is 10.3 Å². The molecule has 0 aliphatic heterocycles. The lowest BCUT2D eigenvalue weighted by molar-refractivity contribution is 0.0635. The summed E-state index contributed by atoms with van der Waals surface area (Å²) in [5.41, 5.74) is 2.28. The number of hydrogen-bond acceptors (Lipinski definition) is 4. The van der Waals surface area contributed by atoms with E-state index in [9.17, 15) is 4.79 Å². The Bertz CT molecular complexity index is 433. The van der Waals surface area contributed by atoms with Crippen LogP contribution in [0.3, 0.4) is 0 Å². The summed E-state index contributed by atoms with van der Waals surface area (Å²) in [4.78, 5) is 18.6. The van der Waals surface area contributed by atoms with Gasteiger partial charge < -0.3 is 15.0 Å². The largest absolute Gasteiger partial charge is 0.387 e. The van der Waals surface area contributed by atoms with Gasteiger partial charge in [-0.1, -0.05) is 0 Å². The van der Waals surface area contributed by atoms with Gasteiger partial charge in [0.25, 0.3) is 5.91 Å². The fourth-order valence-electron chi connectivity index (χ4n) is 1.88.